The van der Waals surface area contributed by atoms with Gasteiger partial charge < -0.3 is 10.0 Å². The van der Waals surface area contributed by atoms with E-state index in [1.54, 1.807) is 6.92 Å². The summed E-state index contributed by atoms with van der Waals surface area (Å²) >= 11 is 0. The summed E-state index contributed by atoms with van der Waals surface area (Å²) in [6.45, 7) is 2.63. The second-order valence-electron chi connectivity index (χ2n) is 4.81. The number of carbonyl (C=O) groups excluding carboxylic acids is 1. The Kier molecular flexibility index (Phi) is 5.09. The van der Waals surface area contributed by atoms with E-state index in [4.69, 9.17) is 5.11 Å². The minimum Gasteiger partial charge on any atom is -0.393 e. The summed E-state index contributed by atoms with van der Waals surface area (Å²) in [5, 5.41) is 9.10. The highest BCUT2D eigenvalue weighted by Gasteiger charge is 2.19. The number of hydrogen-bond acceptors (Lipinski definition) is 2. The molecule has 1 saturated carbocycles. The van der Waals surface area contributed by atoms with Gasteiger partial charge in [-0.3, -0.25) is 4.79 Å². The lowest BCUT2D eigenvalue weighted by Crippen LogP contribution is -2.31. The Morgan fingerprint density at radius 1 is 1.47 bits per heavy atom. The van der Waals surface area contributed by atoms with Crippen LogP contribution in [0.15, 0.2) is 0 Å². The standard InChI is InChI=1S/C12H23NO2/c1-10(14)7-8-12(15)13(2)9-11-5-3-4-6-11/h10-11,14H,3-9H2,1-2H3. The van der Waals surface area contributed by atoms with Crippen LogP contribution in [0, 0.1) is 5.92 Å². The van der Waals surface area contributed by atoms with Gasteiger partial charge in [0.05, 0.1) is 6.10 Å². The predicted molar refractivity (Wildman–Crippen MR) is 60.5 cm³/mol. The molecule has 3 nitrogen and oxygen atoms in total. The van der Waals surface area contributed by atoms with Gasteiger partial charge in [-0.05, 0) is 32.1 Å². The first-order valence-corrected chi connectivity index (χ1v) is 6.01. The molecule has 3 heteroatoms. The second-order valence-corrected chi connectivity index (χ2v) is 4.81. The van der Waals surface area contributed by atoms with Crippen LogP contribution in [0.25, 0.3) is 0 Å². The third-order valence-corrected chi connectivity index (χ3v) is 3.21. The quantitative estimate of drug-likeness (QED) is 0.756. The molecule has 0 saturated heterocycles. The normalized spacial score (nSPS) is 19.1. The van der Waals surface area contributed by atoms with Crippen molar-refractivity contribution in [2.24, 2.45) is 5.92 Å². The van der Waals surface area contributed by atoms with Gasteiger partial charge >= 0.3 is 0 Å². The maximum Gasteiger partial charge on any atom is 0.222 e. The lowest BCUT2D eigenvalue weighted by molar-refractivity contribution is -0.131. The van der Waals surface area contributed by atoms with Crippen LogP contribution in [0.1, 0.15) is 45.4 Å². The minimum atomic E-state index is -0.367. The van der Waals surface area contributed by atoms with E-state index >= 15 is 0 Å². The molecule has 1 unspecified atom stereocenters. The summed E-state index contributed by atoms with van der Waals surface area (Å²) in [4.78, 5) is 13.5. The highest BCUT2D eigenvalue weighted by molar-refractivity contribution is 5.75. The van der Waals surface area contributed by atoms with Crippen LogP contribution in [0.3, 0.4) is 0 Å². The average Bonchev–Trinajstić information content (AvgIpc) is 2.66. The Hall–Kier alpha value is -0.570. The Morgan fingerprint density at radius 2 is 2.07 bits per heavy atom. The van der Waals surface area contributed by atoms with Crippen molar-refractivity contribution in [3.8, 4) is 0 Å². The zero-order valence-electron chi connectivity index (χ0n) is 9.91. The van der Waals surface area contributed by atoms with Crippen molar-refractivity contribution in [1.82, 2.24) is 4.90 Å². The number of aliphatic hydroxyl groups excluding tert-OH is 1. The van der Waals surface area contributed by atoms with E-state index in [1.165, 1.54) is 25.7 Å². The van der Waals surface area contributed by atoms with Gasteiger partial charge in [-0.1, -0.05) is 12.8 Å². The van der Waals surface area contributed by atoms with Gasteiger partial charge in [-0.25, -0.2) is 0 Å². The van der Waals surface area contributed by atoms with Crippen molar-refractivity contribution in [2.75, 3.05) is 13.6 Å². The van der Waals surface area contributed by atoms with Crippen molar-refractivity contribution in [2.45, 2.75) is 51.6 Å². The lowest BCUT2D eigenvalue weighted by Gasteiger charge is -2.21. The highest BCUT2D eigenvalue weighted by atomic mass is 16.3. The zero-order chi connectivity index (χ0) is 11.3. The van der Waals surface area contributed by atoms with E-state index in [9.17, 15) is 4.79 Å². The summed E-state index contributed by atoms with van der Waals surface area (Å²) in [6, 6.07) is 0. The molecule has 1 amide bonds. The van der Waals surface area contributed by atoms with Gasteiger partial charge in [-0.15, -0.1) is 0 Å². The SMILES string of the molecule is CC(O)CCC(=O)N(C)CC1CCCC1. The van der Waals surface area contributed by atoms with Crippen molar-refractivity contribution in [1.29, 1.82) is 0 Å². The number of amides is 1. The van der Waals surface area contributed by atoms with Crippen LogP contribution in [-0.2, 0) is 4.79 Å². The summed E-state index contributed by atoms with van der Waals surface area (Å²) < 4.78 is 0. The first-order chi connectivity index (χ1) is 7.09. The van der Waals surface area contributed by atoms with Crippen molar-refractivity contribution in [3.05, 3.63) is 0 Å². The van der Waals surface area contributed by atoms with E-state index in [0.717, 1.165) is 6.54 Å². The molecule has 88 valence electrons. The minimum absolute atomic E-state index is 0.169. The van der Waals surface area contributed by atoms with E-state index < -0.39 is 0 Å². The monoisotopic (exact) mass is 213 g/mol. The van der Waals surface area contributed by atoms with Gasteiger partial charge in [0.1, 0.15) is 0 Å². The molecule has 1 rings (SSSR count). The van der Waals surface area contributed by atoms with Gasteiger partial charge in [-0.2, -0.15) is 0 Å². The van der Waals surface area contributed by atoms with Crippen LogP contribution in [0.5, 0.6) is 0 Å². The number of hydrogen-bond donors (Lipinski definition) is 1. The fourth-order valence-electron chi connectivity index (χ4n) is 2.21. The van der Waals surface area contributed by atoms with E-state index in [-0.39, 0.29) is 12.0 Å². The summed E-state index contributed by atoms with van der Waals surface area (Å²) in [6.07, 6.45) is 5.87. The largest absolute Gasteiger partial charge is 0.393 e. The molecule has 1 N–H and O–H groups in total. The smallest absolute Gasteiger partial charge is 0.222 e. The van der Waals surface area contributed by atoms with Crippen LogP contribution in [0.4, 0.5) is 0 Å². The fourth-order valence-corrected chi connectivity index (χ4v) is 2.21. The molecule has 0 aromatic carbocycles. The van der Waals surface area contributed by atoms with Crippen LogP contribution in [0.2, 0.25) is 0 Å². The number of aliphatic hydroxyl groups is 1. The third-order valence-electron chi connectivity index (χ3n) is 3.21. The third kappa shape index (κ3) is 4.65. The van der Waals surface area contributed by atoms with Crippen LogP contribution in [-0.4, -0.2) is 35.6 Å². The molecule has 0 radical (unpaired) electrons. The van der Waals surface area contributed by atoms with Crippen molar-refractivity contribution >= 4 is 5.91 Å². The lowest BCUT2D eigenvalue weighted by atomic mass is 10.1. The fraction of sp³-hybridized carbons (Fsp3) is 0.917. The van der Waals surface area contributed by atoms with Crippen LogP contribution < -0.4 is 0 Å². The van der Waals surface area contributed by atoms with Gasteiger partial charge in [0.25, 0.3) is 0 Å². The number of rotatable bonds is 5. The Labute approximate surface area is 92.5 Å². The molecule has 0 aromatic heterocycles. The van der Waals surface area contributed by atoms with Crippen LogP contribution >= 0.6 is 0 Å². The molecule has 0 heterocycles. The van der Waals surface area contributed by atoms with Crippen molar-refractivity contribution < 1.29 is 9.90 Å². The maximum absolute atomic E-state index is 11.7. The van der Waals surface area contributed by atoms with Gasteiger partial charge in [0.2, 0.25) is 5.91 Å². The molecule has 1 aliphatic carbocycles. The first-order valence-electron chi connectivity index (χ1n) is 6.01. The molecule has 0 aliphatic heterocycles. The van der Waals surface area contributed by atoms with E-state index in [2.05, 4.69) is 0 Å². The number of carbonyl (C=O) groups is 1. The van der Waals surface area contributed by atoms with Gasteiger partial charge in [0, 0.05) is 20.0 Å². The molecular weight excluding hydrogens is 190 g/mol. The summed E-state index contributed by atoms with van der Waals surface area (Å²) in [5.41, 5.74) is 0. The first kappa shape index (κ1) is 12.5. The summed E-state index contributed by atoms with van der Waals surface area (Å²) in [5.74, 6) is 0.883. The van der Waals surface area contributed by atoms with E-state index in [1.807, 2.05) is 11.9 Å². The highest BCUT2D eigenvalue weighted by Crippen LogP contribution is 2.25. The zero-order valence-corrected chi connectivity index (χ0v) is 9.91. The van der Waals surface area contributed by atoms with Gasteiger partial charge in [0.15, 0.2) is 0 Å². The summed E-state index contributed by atoms with van der Waals surface area (Å²) in [7, 11) is 1.88. The molecular formula is C12H23NO2. The second kappa shape index (κ2) is 6.11. The van der Waals surface area contributed by atoms with E-state index in [0.29, 0.717) is 18.8 Å². The topological polar surface area (TPSA) is 40.5 Å². The van der Waals surface area contributed by atoms with Crippen molar-refractivity contribution in [3.63, 3.8) is 0 Å². The maximum atomic E-state index is 11.7. The Balaban J connectivity index is 2.19. The molecule has 1 atom stereocenters. The molecule has 0 spiro atoms. The molecule has 0 bridgehead atoms. The average molecular weight is 213 g/mol. The molecule has 15 heavy (non-hydrogen) atoms. The predicted octanol–water partition coefficient (Wildman–Crippen LogP) is 1.80. The Morgan fingerprint density at radius 3 is 2.60 bits per heavy atom. The molecule has 1 fully saturated rings. The number of nitrogens with zero attached hydrogens (tertiary/aromatic N) is 1. The molecule has 1 aliphatic rings. The molecule has 0 aromatic rings. The Bertz CT molecular complexity index is 198.